The lowest BCUT2D eigenvalue weighted by atomic mass is 9.89. The molecule has 0 atom stereocenters. The van der Waals surface area contributed by atoms with E-state index in [0.717, 1.165) is 56.0 Å². The Kier molecular flexibility index (Phi) is 8.47. The summed E-state index contributed by atoms with van der Waals surface area (Å²) in [6.07, 6.45) is 0. The van der Waals surface area contributed by atoms with Crippen LogP contribution in [0.25, 0.3) is 66.8 Å². The van der Waals surface area contributed by atoms with Gasteiger partial charge in [0, 0.05) is 33.5 Å². The van der Waals surface area contributed by atoms with Crippen LogP contribution in [0, 0.1) is 6.92 Å². The number of benzene rings is 8. The summed E-state index contributed by atoms with van der Waals surface area (Å²) in [7, 11) is 0. The summed E-state index contributed by atoms with van der Waals surface area (Å²) in [6, 6.07) is 73.3. The molecule has 0 bridgehead atoms. The summed E-state index contributed by atoms with van der Waals surface area (Å²) in [5.41, 5.74) is 15.8. The first-order valence-electron chi connectivity index (χ1n) is 18.1. The quantitative estimate of drug-likeness (QED) is 0.159. The number of aryl methyl sites for hydroxylation is 1. The van der Waals surface area contributed by atoms with Crippen LogP contribution in [0.1, 0.15) is 5.56 Å². The molecular weight excluding hydrogens is 643 g/mol. The average molecular weight is 680 g/mol. The van der Waals surface area contributed by atoms with Crippen molar-refractivity contribution < 1.29 is 4.42 Å². The molecule has 0 spiro atoms. The molecule has 2 heteroatoms. The van der Waals surface area contributed by atoms with E-state index in [4.69, 9.17) is 4.42 Å². The summed E-state index contributed by atoms with van der Waals surface area (Å²) < 4.78 is 6.45. The van der Waals surface area contributed by atoms with Crippen LogP contribution < -0.4 is 4.90 Å². The van der Waals surface area contributed by atoms with E-state index in [1.807, 2.05) is 12.1 Å². The Labute approximate surface area is 310 Å². The van der Waals surface area contributed by atoms with Crippen LogP contribution in [0.15, 0.2) is 211 Å². The molecule has 0 unspecified atom stereocenters. The molecule has 0 amide bonds. The third-order valence-electron chi connectivity index (χ3n) is 10.1. The molecule has 0 N–H and O–H groups in total. The SMILES string of the molecule is Cc1c(-c2cccc(N(c3ccc(-c4ccccc4-c4ccccc4-c4ccccc4)cc3)c3ccccc3-c3ccccc3)c2)oc2ccccc12. The van der Waals surface area contributed by atoms with Crippen LogP contribution >= 0.6 is 0 Å². The van der Waals surface area contributed by atoms with Crippen LogP contribution in [-0.2, 0) is 0 Å². The number of fused-ring (bicyclic) bond motifs is 1. The Hall–Kier alpha value is -6.90. The van der Waals surface area contributed by atoms with Crippen LogP contribution in [0.4, 0.5) is 17.1 Å². The topological polar surface area (TPSA) is 16.4 Å². The largest absolute Gasteiger partial charge is 0.456 e. The molecule has 0 radical (unpaired) electrons. The summed E-state index contributed by atoms with van der Waals surface area (Å²) in [4.78, 5) is 2.37. The van der Waals surface area contributed by atoms with Crippen molar-refractivity contribution in [3.63, 3.8) is 0 Å². The second-order valence-electron chi connectivity index (χ2n) is 13.3. The molecular formula is C51H37NO. The Bertz CT molecular complexity index is 2670. The molecule has 0 saturated carbocycles. The van der Waals surface area contributed by atoms with Gasteiger partial charge in [0.15, 0.2) is 0 Å². The predicted molar refractivity (Wildman–Crippen MR) is 223 cm³/mol. The fourth-order valence-corrected chi connectivity index (χ4v) is 7.54. The zero-order chi connectivity index (χ0) is 35.6. The van der Waals surface area contributed by atoms with Gasteiger partial charge in [0.1, 0.15) is 11.3 Å². The van der Waals surface area contributed by atoms with Gasteiger partial charge in [-0.1, -0.05) is 170 Å². The molecule has 53 heavy (non-hydrogen) atoms. The summed E-state index contributed by atoms with van der Waals surface area (Å²) in [5, 5.41) is 1.14. The van der Waals surface area contributed by atoms with Crippen LogP contribution in [0.3, 0.4) is 0 Å². The predicted octanol–water partition coefficient (Wildman–Crippen LogP) is 14.5. The first-order valence-corrected chi connectivity index (χ1v) is 18.1. The van der Waals surface area contributed by atoms with Crippen LogP contribution in [0.5, 0.6) is 0 Å². The lowest BCUT2D eigenvalue weighted by Crippen LogP contribution is -2.11. The normalized spacial score (nSPS) is 11.1. The van der Waals surface area contributed by atoms with Gasteiger partial charge < -0.3 is 9.32 Å². The van der Waals surface area contributed by atoms with Crippen molar-refractivity contribution in [3.05, 3.63) is 212 Å². The highest BCUT2D eigenvalue weighted by Crippen LogP contribution is 2.44. The summed E-state index contributed by atoms with van der Waals surface area (Å²) in [5.74, 6) is 0.895. The molecule has 9 aromatic rings. The highest BCUT2D eigenvalue weighted by Gasteiger charge is 2.20. The summed E-state index contributed by atoms with van der Waals surface area (Å²) >= 11 is 0. The number of para-hydroxylation sites is 2. The zero-order valence-corrected chi connectivity index (χ0v) is 29.5. The Balaban J connectivity index is 1.17. The van der Waals surface area contributed by atoms with Gasteiger partial charge in [-0.2, -0.15) is 0 Å². The standard InChI is InChI=1S/C51H37NO/c1-36-43-23-13-15-30-50(43)53-51(36)40-21-16-22-42(35-40)52(49-29-14-12-26-46(49)38-19-6-3-7-20-38)41-33-31-39(32-34-41)45-25-9-11-28-48(45)47-27-10-8-24-44(47)37-17-4-2-5-18-37/h2-35H,1H3. The molecule has 9 rings (SSSR count). The van der Waals surface area contributed by atoms with Crippen LogP contribution in [0.2, 0.25) is 0 Å². The fraction of sp³-hybridized carbons (Fsp3) is 0.0196. The number of hydrogen-bond acceptors (Lipinski definition) is 2. The van der Waals surface area contributed by atoms with Gasteiger partial charge in [0.25, 0.3) is 0 Å². The smallest absolute Gasteiger partial charge is 0.138 e. The lowest BCUT2D eigenvalue weighted by molar-refractivity contribution is 0.629. The van der Waals surface area contributed by atoms with E-state index in [9.17, 15) is 0 Å². The van der Waals surface area contributed by atoms with E-state index in [-0.39, 0.29) is 0 Å². The molecule has 0 fully saturated rings. The van der Waals surface area contributed by atoms with E-state index >= 15 is 0 Å². The van der Waals surface area contributed by atoms with Crippen molar-refractivity contribution in [3.8, 4) is 55.8 Å². The number of rotatable bonds is 8. The first-order chi connectivity index (χ1) is 26.2. The van der Waals surface area contributed by atoms with Gasteiger partial charge in [0.2, 0.25) is 0 Å². The second kappa shape index (κ2) is 14.0. The summed E-state index contributed by atoms with van der Waals surface area (Å²) in [6.45, 7) is 2.14. The molecule has 0 aliphatic carbocycles. The zero-order valence-electron chi connectivity index (χ0n) is 29.5. The molecule has 0 saturated heterocycles. The molecule has 2 nitrogen and oxygen atoms in total. The molecule has 0 aliphatic rings. The maximum Gasteiger partial charge on any atom is 0.138 e. The molecule has 252 valence electrons. The Morgan fingerprint density at radius 1 is 0.358 bits per heavy atom. The minimum atomic E-state index is 0.895. The van der Waals surface area contributed by atoms with Crippen molar-refractivity contribution in [1.29, 1.82) is 0 Å². The van der Waals surface area contributed by atoms with Gasteiger partial charge in [-0.3, -0.25) is 0 Å². The first kappa shape index (κ1) is 32.0. The fourth-order valence-electron chi connectivity index (χ4n) is 7.54. The van der Waals surface area contributed by atoms with E-state index in [1.165, 1.54) is 33.4 Å². The number of anilines is 3. The number of nitrogens with zero attached hydrogens (tertiary/aromatic N) is 1. The lowest BCUT2D eigenvalue weighted by Gasteiger charge is -2.28. The third-order valence-corrected chi connectivity index (χ3v) is 10.1. The maximum atomic E-state index is 6.45. The highest BCUT2D eigenvalue weighted by molar-refractivity contribution is 5.94. The maximum absolute atomic E-state index is 6.45. The van der Waals surface area contributed by atoms with Crippen molar-refractivity contribution in [2.24, 2.45) is 0 Å². The van der Waals surface area contributed by atoms with Crippen LogP contribution in [-0.4, -0.2) is 0 Å². The second-order valence-corrected chi connectivity index (χ2v) is 13.3. The average Bonchev–Trinajstić information content (AvgIpc) is 3.58. The van der Waals surface area contributed by atoms with Crippen molar-refractivity contribution >= 4 is 28.0 Å². The Morgan fingerprint density at radius 3 is 1.49 bits per heavy atom. The van der Waals surface area contributed by atoms with Crippen molar-refractivity contribution in [1.82, 2.24) is 0 Å². The van der Waals surface area contributed by atoms with E-state index in [2.05, 4.69) is 206 Å². The van der Waals surface area contributed by atoms with Crippen molar-refractivity contribution in [2.75, 3.05) is 4.90 Å². The number of hydrogen-bond donors (Lipinski definition) is 0. The molecule has 1 heterocycles. The monoisotopic (exact) mass is 679 g/mol. The van der Waals surface area contributed by atoms with Gasteiger partial charge in [-0.15, -0.1) is 0 Å². The van der Waals surface area contributed by atoms with Crippen molar-refractivity contribution in [2.45, 2.75) is 6.92 Å². The van der Waals surface area contributed by atoms with E-state index < -0.39 is 0 Å². The molecule has 8 aromatic carbocycles. The van der Waals surface area contributed by atoms with Gasteiger partial charge in [-0.25, -0.2) is 0 Å². The minimum absolute atomic E-state index is 0.895. The molecule has 1 aromatic heterocycles. The van der Waals surface area contributed by atoms with Gasteiger partial charge in [-0.05, 0) is 82.3 Å². The Morgan fingerprint density at radius 2 is 0.849 bits per heavy atom. The van der Waals surface area contributed by atoms with E-state index in [0.29, 0.717) is 0 Å². The number of furan rings is 1. The highest BCUT2D eigenvalue weighted by atomic mass is 16.3. The third kappa shape index (κ3) is 6.11. The van der Waals surface area contributed by atoms with Gasteiger partial charge in [0.05, 0.1) is 5.69 Å². The van der Waals surface area contributed by atoms with Gasteiger partial charge >= 0.3 is 0 Å². The molecule has 0 aliphatic heterocycles. The van der Waals surface area contributed by atoms with E-state index in [1.54, 1.807) is 0 Å². The minimum Gasteiger partial charge on any atom is -0.456 e.